The first-order valence-electron chi connectivity index (χ1n) is 29.7. The predicted octanol–water partition coefficient (Wildman–Crippen LogP) is -1.71. The second-order valence-electron chi connectivity index (χ2n) is 28.8. The minimum absolute atomic E-state index is 0.0488. The number of carboxylic acids is 1. The average molecular weight is 1190 g/mol. The van der Waals surface area contributed by atoms with E-state index in [1.807, 2.05) is 34.6 Å². The quantitative estimate of drug-likeness (QED) is 0.0721. The van der Waals surface area contributed by atoms with Gasteiger partial charge in [-0.25, -0.2) is 4.79 Å². The third-order valence-electron chi connectivity index (χ3n) is 22.1. The van der Waals surface area contributed by atoms with Gasteiger partial charge in [0.2, 0.25) is 0 Å². The van der Waals surface area contributed by atoms with Crippen molar-refractivity contribution in [3.05, 3.63) is 11.6 Å². The highest BCUT2D eigenvalue weighted by Gasteiger charge is 2.75. The fourth-order valence-electron chi connectivity index (χ4n) is 17.4. The van der Waals surface area contributed by atoms with Gasteiger partial charge in [-0.1, -0.05) is 60.1 Å². The number of carbonyl (C=O) groups is 1. The molecule has 83 heavy (non-hydrogen) atoms. The molecular formula is C58H96O25. The highest BCUT2D eigenvalue weighted by Crippen LogP contribution is 2.76. The van der Waals surface area contributed by atoms with E-state index < -0.39 is 199 Å². The van der Waals surface area contributed by atoms with Crippen LogP contribution in [0.25, 0.3) is 0 Å². The van der Waals surface area contributed by atoms with Gasteiger partial charge in [-0.05, 0) is 112 Å². The van der Waals surface area contributed by atoms with Crippen molar-refractivity contribution in [1.29, 1.82) is 0 Å². The van der Waals surface area contributed by atoms with E-state index in [0.717, 1.165) is 5.57 Å². The molecule has 0 spiro atoms. The predicted molar refractivity (Wildman–Crippen MR) is 285 cm³/mol. The van der Waals surface area contributed by atoms with Crippen LogP contribution in [-0.4, -0.2) is 255 Å². The number of hydrogen-bond acceptors (Lipinski definition) is 24. The molecule has 15 N–H and O–H groups in total. The van der Waals surface area contributed by atoms with Gasteiger partial charge in [0.15, 0.2) is 31.3 Å². The SMILES string of the molecule is C[C@@H]1O[C@@H](O[C@H]2[C@H](O[C@H]3[C@H](O)[C@@H](C(=O)O)O[C@@H](O[C@H]4CC[C@]5(C)[C@H]6CC=C7[C@@H]8CC(C)(C)C[C@H](O)[C@]8(CO)[C@H](OC(C)(C)C)[C@H](O)[C@@]7(C)[C@]6(C)CC[C@H]5C4(C)C)[C@@H]3OC3OC(CO)C(O)C(O)C3O)O[C@H](CO)[C@H](O)[C@@H]2O)[C@H](O)[C@H](O)[C@H]1O. The summed E-state index contributed by atoms with van der Waals surface area (Å²) in [6.07, 6.45) is -35.5. The van der Waals surface area contributed by atoms with Crippen LogP contribution in [0.5, 0.6) is 0 Å². The molecule has 478 valence electrons. The normalized spacial score (nSPS) is 53.4. The van der Waals surface area contributed by atoms with E-state index in [9.17, 15) is 81.4 Å². The van der Waals surface area contributed by atoms with Crippen LogP contribution in [0.4, 0.5) is 0 Å². The maximum Gasteiger partial charge on any atom is 0.335 e. The van der Waals surface area contributed by atoms with Crippen molar-refractivity contribution in [2.75, 3.05) is 19.8 Å². The molecule has 8 fully saturated rings. The summed E-state index contributed by atoms with van der Waals surface area (Å²) in [6.45, 7) is 19.9. The molecule has 0 aromatic heterocycles. The summed E-state index contributed by atoms with van der Waals surface area (Å²) in [6, 6.07) is 0. The second kappa shape index (κ2) is 23.3. The zero-order valence-corrected chi connectivity index (χ0v) is 49.5. The lowest BCUT2D eigenvalue weighted by atomic mass is 9.32. The molecule has 0 aromatic carbocycles. The second-order valence-corrected chi connectivity index (χ2v) is 28.8. The third kappa shape index (κ3) is 10.7. The van der Waals surface area contributed by atoms with Crippen LogP contribution in [0.3, 0.4) is 0 Å². The maximum atomic E-state index is 13.2. The Morgan fingerprint density at radius 1 is 0.614 bits per heavy atom. The Bertz CT molecular complexity index is 2320. The van der Waals surface area contributed by atoms with Crippen molar-refractivity contribution in [3.8, 4) is 0 Å². The van der Waals surface area contributed by atoms with Crippen molar-refractivity contribution in [1.82, 2.24) is 0 Å². The molecule has 0 aromatic rings. The summed E-state index contributed by atoms with van der Waals surface area (Å²) in [4.78, 5) is 13.2. The Kier molecular flexibility index (Phi) is 18.4. The number of rotatable bonds is 13. The molecule has 9 rings (SSSR count). The molecule has 4 saturated carbocycles. The van der Waals surface area contributed by atoms with Crippen LogP contribution < -0.4 is 0 Å². The first-order valence-corrected chi connectivity index (χ1v) is 29.7. The molecule has 0 radical (unpaired) electrons. The molecule has 31 atom stereocenters. The molecule has 4 aliphatic heterocycles. The fraction of sp³-hybridized carbons (Fsp3) is 0.948. The Labute approximate surface area is 484 Å². The first-order chi connectivity index (χ1) is 38.5. The van der Waals surface area contributed by atoms with Gasteiger partial charge in [-0.2, -0.15) is 0 Å². The van der Waals surface area contributed by atoms with Gasteiger partial charge in [0.25, 0.3) is 0 Å². The average Bonchev–Trinajstić information content (AvgIpc) is 0.811. The van der Waals surface area contributed by atoms with E-state index >= 15 is 0 Å². The molecule has 5 unspecified atom stereocenters. The van der Waals surface area contributed by atoms with Crippen molar-refractivity contribution >= 4 is 5.97 Å². The zero-order chi connectivity index (χ0) is 61.4. The van der Waals surface area contributed by atoms with Crippen molar-refractivity contribution in [2.45, 2.75) is 274 Å². The zero-order valence-electron chi connectivity index (χ0n) is 49.5. The van der Waals surface area contributed by atoms with Gasteiger partial charge in [0, 0.05) is 5.41 Å². The van der Waals surface area contributed by atoms with E-state index in [1.54, 1.807) is 0 Å². The highest BCUT2D eigenvalue weighted by molar-refractivity contribution is 5.73. The molecule has 25 heteroatoms. The maximum absolute atomic E-state index is 13.2. The number of ether oxygens (including phenoxy) is 9. The Morgan fingerprint density at radius 3 is 1.76 bits per heavy atom. The van der Waals surface area contributed by atoms with E-state index in [-0.39, 0.29) is 29.8 Å². The monoisotopic (exact) mass is 1190 g/mol. The molecule has 4 heterocycles. The summed E-state index contributed by atoms with van der Waals surface area (Å²) in [5.74, 6) is -2.20. The van der Waals surface area contributed by atoms with Crippen LogP contribution in [0, 0.1) is 50.2 Å². The molecule has 0 bridgehead atoms. The lowest BCUT2D eigenvalue weighted by molar-refractivity contribution is -0.406. The molecule has 9 aliphatic rings. The van der Waals surface area contributed by atoms with Crippen LogP contribution >= 0.6 is 0 Å². The van der Waals surface area contributed by atoms with E-state index in [1.165, 1.54) is 6.92 Å². The van der Waals surface area contributed by atoms with E-state index in [4.69, 9.17) is 42.6 Å². The van der Waals surface area contributed by atoms with Crippen molar-refractivity contribution < 1.29 is 124 Å². The molecule has 4 saturated heterocycles. The molecular weight excluding hydrogens is 1100 g/mol. The van der Waals surface area contributed by atoms with Gasteiger partial charge in [0.1, 0.15) is 85.5 Å². The Hall–Kier alpha value is -1.71. The number of aliphatic hydroxyl groups is 14. The number of allylic oxidation sites excluding steroid dienone is 1. The van der Waals surface area contributed by atoms with Crippen LogP contribution in [0.1, 0.15) is 121 Å². The minimum atomic E-state index is -2.27. The number of carboxylic acid groups (broad SMARTS) is 1. The lowest BCUT2D eigenvalue weighted by Crippen LogP contribution is -2.75. The van der Waals surface area contributed by atoms with Crippen LogP contribution in [0.2, 0.25) is 0 Å². The smallest absolute Gasteiger partial charge is 0.335 e. The molecule has 5 aliphatic carbocycles. The van der Waals surface area contributed by atoms with Crippen molar-refractivity contribution in [3.63, 3.8) is 0 Å². The number of aliphatic hydroxyl groups excluding tert-OH is 14. The summed E-state index contributed by atoms with van der Waals surface area (Å²) in [5.41, 5.74) is -3.88. The van der Waals surface area contributed by atoms with Gasteiger partial charge in [-0.15, -0.1) is 0 Å². The summed E-state index contributed by atoms with van der Waals surface area (Å²) in [5, 5.41) is 168. The summed E-state index contributed by atoms with van der Waals surface area (Å²) < 4.78 is 56.1. The third-order valence-corrected chi connectivity index (χ3v) is 22.1. The number of aliphatic carboxylic acids is 1. The topological polar surface area (TPSA) is 404 Å². The van der Waals surface area contributed by atoms with Crippen molar-refractivity contribution in [2.24, 2.45) is 50.2 Å². The molecule has 0 amide bonds. The standard InChI is InChI=1S/C58H96O25/c1-23-32(63)35(66)38(69)48(75-23)81-43-37(68)34(65)27(21-60)77-50(43)79-41-40(71)42(47(73)74)80-51(44(41)82-49-39(70)36(67)33(64)26(20-59)76-49)78-31-15-16-55(9)28(54(31,7)8)14-17-56(10)29(55)13-12-24-25-18-53(5,6)19-30(62)58(25,22-61)46(83-52(2,3)4)45(72)57(24,56)11/h12,23,25-46,48-51,59-72H,13-22H2,1-11H3,(H,73,74)/t23-,25-,26?,27+,28-,29+,30-,31-,32-,33?,34-,35+,36?,37-,38+,39?,40-,41-,42-,43+,44+,45-,46+,48-,49?,50-,51+,55-,56+,57-,58+/m0/s1. The Morgan fingerprint density at radius 2 is 1.17 bits per heavy atom. The van der Waals surface area contributed by atoms with Gasteiger partial charge >= 0.3 is 5.97 Å². The number of fused-ring (bicyclic) bond motifs is 7. The minimum Gasteiger partial charge on any atom is -0.479 e. The lowest BCUT2D eigenvalue weighted by Gasteiger charge is -2.73. The Balaban J connectivity index is 1.07. The van der Waals surface area contributed by atoms with Crippen LogP contribution in [0.15, 0.2) is 11.6 Å². The first kappa shape index (κ1) is 65.7. The van der Waals surface area contributed by atoms with E-state index in [2.05, 4.69) is 40.7 Å². The van der Waals surface area contributed by atoms with Gasteiger partial charge in [0.05, 0.1) is 61.4 Å². The largest absolute Gasteiger partial charge is 0.479 e. The molecule has 25 nitrogen and oxygen atoms in total. The van der Waals surface area contributed by atoms with Gasteiger partial charge in [-0.3, -0.25) is 0 Å². The summed E-state index contributed by atoms with van der Waals surface area (Å²) >= 11 is 0. The summed E-state index contributed by atoms with van der Waals surface area (Å²) in [7, 11) is 0. The van der Waals surface area contributed by atoms with Gasteiger partial charge < -0.3 is 119 Å². The van der Waals surface area contributed by atoms with Crippen LogP contribution in [-0.2, 0) is 47.4 Å². The highest BCUT2D eigenvalue weighted by atomic mass is 16.8. The van der Waals surface area contributed by atoms with E-state index in [0.29, 0.717) is 44.9 Å². The fourth-order valence-corrected chi connectivity index (χ4v) is 17.4. The number of hydrogen-bond donors (Lipinski definition) is 15.